The van der Waals surface area contributed by atoms with Gasteiger partial charge in [0.05, 0.1) is 12.1 Å². The van der Waals surface area contributed by atoms with Gasteiger partial charge in [-0.3, -0.25) is 4.98 Å². The third-order valence-corrected chi connectivity index (χ3v) is 3.41. The van der Waals surface area contributed by atoms with E-state index in [1.807, 2.05) is 12.1 Å². The standard InChI is InChI=1S/C18H24N2O/c1-15(6-5-11-19-12-13-21-2)14-17-10-9-16-7-3-4-8-18(16)20-17/h3-4,6-10,19H,5,11-14H2,1-2H3. The van der Waals surface area contributed by atoms with Gasteiger partial charge in [-0.15, -0.1) is 0 Å². The van der Waals surface area contributed by atoms with Crippen LogP contribution in [0.5, 0.6) is 0 Å². The van der Waals surface area contributed by atoms with Gasteiger partial charge in [-0.1, -0.05) is 35.9 Å². The summed E-state index contributed by atoms with van der Waals surface area (Å²) in [7, 11) is 1.72. The smallest absolute Gasteiger partial charge is 0.0705 e. The molecule has 0 saturated heterocycles. The molecule has 0 radical (unpaired) electrons. The number of pyridine rings is 1. The first-order valence-electron chi connectivity index (χ1n) is 7.49. The molecule has 1 aromatic heterocycles. The predicted molar refractivity (Wildman–Crippen MR) is 88.6 cm³/mol. The number of rotatable bonds is 8. The summed E-state index contributed by atoms with van der Waals surface area (Å²) in [5, 5.41) is 4.54. The summed E-state index contributed by atoms with van der Waals surface area (Å²) in [6.45, 7) is 4.84. The number of nitrogens with zero attached hydrogens (tertiary/aromatic N) is 1. The maximum Gasteiger partial charge on any atom is 0.0705 e. The highest BCUT2D eigenvalue weighted by Crippen LogP contribution is 2.14. The van der Waals surface area contributed by atoms with E-state index >= 15 is 0 Å². The van der Waals surface area contributed by atoms with Crippen molar-refractivity contribution in [1.29, 1.82) is 0 Å². The first kappa shape index (κ1) is 15.7. The van der Waals surface area contributed by atoms with Crippen molar-refractivity contribution in [1.82, 2.24) is 10.3 Å². The van der Waals surface area contributed by atoms with E-state index in [-0.39, 0.29) is 0 Å². The van der Waals surface area contributed by atoms with Crippen LogP contribution in [0.2, 0.25) is 0 Å². The van der Waals surface area contributed by atoms with Crippen LogP contribution in [0.3, 0.4) is 0 Å². The summed E-state index contributed by atoms with van der Waals surface area (Å²) in [6.07, 6.45) is 4.25. The van der Waals surface area contributed by atoms with E-state index in [0.717, 1.165) is 43.7 Å². The molecule has 0 atom stereocenters. The summed E-state index contributed by atoms with van der Waals surface area (Å²) >= 11 is 0. The highest BCUT2D eigenvalue weighted by molar-refractivity contribution is 5.78. The second-order valence-corrected chi connectivity index (χ2v) is 5.25. The maximum atomic E-state index is 5.00. The van der Waals surface area contributed by atoms with Crippen LogP contribution in [0.25, 0.3) is 10.9 Å². The third kappa shape index (κ3) is 5.29. The molecular weight excluding hydrogens is 260 g/mol. The number of benzene rings is 1. The molecule has 0 spiro atoms. The number of methoxy groups -OCH3 is 1. The topological polar surface area (TPSA) is 34.1 Å². The lowest BCUT2D eigenvalue weighted by Crippen LogP contribution is -2.19. The number of aromatic nitrogens is 1. The quantitative estimate of drug-likeness (QED) is 0.596. The fourth-order valence-electron chi connectivity index (χ4n) is 2.28. The number of fused-ring (bicyclic) bond motifs is 1. The van der Waals surface area contributed by atoms with Gasteiger partial charge < -0.3 is 10.1 Å². The molecule has 0 aliphatic rings. The molecule has 0 aliphatic carbocycles. The average molecular weight is 284 g/mol. The molecule has 2 aromatic rings. The maximum absolute atomic E-state index is 5.00. The molecule has 3 nitrogen and oxygen atoms in total. The van der Waals surface area contributed by atoms with Gasteiger partial charge in [-0.05, 0) is 32.0 Å². The van der Waals surface area contributed by atoms with Gasteiger partial charge in [0.1, 0.15) is 0 Å². The summed E-state index contributed by atoms with van der Waals surface area (Å²) in [4.78, 5) is 4.71. The lowest BCUT2D eigenvalue weighted by Gasteiger charge is -2.05. The SMILES string of the molecule is COCCNCCC=C(C)Cc1ccc2ccccc2n1. The van der Waals surface area contributed by atoms with Crippen LogP contribution in [-0.4, -0.2) is 31.8 Å². The highest BCUT2D eigenvalue weighted by atomic mass is 16.5. The number of para-hydroxylation sites is 1. The van der Waals surface area contributed by atoms with Crippen LogP contribution in [0.15, 0.2) is 48.0 Å². The second kappa shape index (κ2) is 8.55. The molecule has 1 heterocycles. The van der Waals surface area contributed by atoms with Crippen molar-refractivity contribution in [3.63, 3.8) is 0 Å². The fraction of sp³-hybridized carbons (Fsp3) is 0.389. The van der Waals surface area contributed by atoms with Gasteiger partial charge in [-0.2, -0.15) is 0 Å². The monoisotopic (exact) mass is 284 g/mol. The van der Waals surface area contributed by atoms with Crippen LogP contribution in [-0.2, 0) is 11.2 Å². The molecular formula is C18H24N2O. The van der Waals surface area contributed by atoms with E-state index in [4.69, 9.17) is 9.72 Å². The van der Waals surface area contributed by atoms with Crippen LogP contribution < -0.4 is 5.32 Å². The molecule has 0 amide bonds. The summed E-state index contributed by atoms with van der Waals surface area (Å²) in [6, 6.07) is 12.5. The van der Waals surface area contributed by atoms with Gasteiger partial charge in [0.15, 0.2) is 0 Å². The van der Waals surface area contributed by atoms with Gasteiger partial charge in [0, 0.05) is 31.2 Å². The molecule has 21 heavy (non-hydrogen) atoms. The van der Waals surface area contributed by atoms with Crippen LogP contribution in [0.4, 0.5) is 0 Å². The number of nitrogens with one attached hydrogen (secondary N) is 1. The Morgan fingerprint density at radius 2 is 2.05 bits per heavy atom. The van der Waals surface area contributed by atoms with Crippen LogP contribution >= 0.6 is 0 Å². The zero-order valence-corrected chi connectivity index (χ0v) is 12.9. The number of allylic oxidation sites excluding steroid dienone is 1. The van der Waals surface area contributed by atoms with E-state index in [2.05, 4.69) is 42.6 Å². The Morgan fingerprint density at radius 1 is 1.19 bits per heavy atom. The Kier molecular flexibility index (Phi) is 6.38. The molecule has 0 bridgehead atoms. The second-order valence-electron chi connectivity index (χ2n) is 5.25. The van der Waals surface area contributed by atoms with Gasteiger partial charge in [0.25, 0.3) is 0 Å². The Bertz CT molecular complexity index is 593. The van der Waals surface area contributed by atoms with Crippen molar-refractivity contribution >= 4 is 10.9 Å². The number of ether oxygens (including phenoxy) is 1. The normalized spacial score (nSPS) is 12.0. The van der Waals surface area contributed by atoms with Crippen molar-refractivity contribution in [2.24, 2.45) is 0 Å². The molecule has 0 fully saturated rings. The lowest BCUT2D eigenvalue weighted by molar-refractivity contribution is 0.199. The number of hydrogen-bond donors (Lipinski definition) is 1. The zero-order valence-electron chi connectivity index (χ0n) is 12.9. The minimum atomic E-state index is 0.768. The third-order valence-electron chi connectivity index (χ3n) is 3.41. The van der Waals surface area contributed by atoms with Gasteiger partial charge >= 0.3 is 0 Å². The van der Waals surface area contributed by atoms with E-state index in [9.17, 15) is 0 Å². The van der Waals surface area contributed by atoms with E-state index in [0.29, 0.717) is 0 Å². The van der Waals surface area contributed by atoms with Crippen molar-refractivity contribution in [2.75, 3.05) is 26.8 Å². The first-order valence-corrected chi connectivity index (χ1v) is 7.49. The molecule has 1 N–H and O–H groups in total. The zero-order chi connectivity index (χ0) is 14.9. The molecule has 3 heteroatoms. The molecule has 0 saturated carbocycles. The van der Waals surface area contributed by atoms with Gasteiger partial charge in [0.2, 0.25) is 0 Å². The minimum absolute atomic E-state index is 0.768. The Labute approximate surface area is 127 Å². The Morgan fingerprint density at radius 3 is 2.90 bits per heavy atom. The molecule has 0 unspecified atom stereocenters. The van der Waals surface area contributed by atoms with Crippen molar-refractivity contribution < 1.29 is 4.74 Å². The van der Waals surface area contributed by atoms with Crippen molar-refractivity contribution in [3.05, 3.63) is 53.7 Å². The fourth-order valence-corrected chi connectivity index (χ4v) is 2.28. The van der Waals surface area contributed by atoms with Crippen LogP contribution in [0.1, 0.15) is 19.0 Å². The molecule has 2 rings (SSSR count). The molecule has 112 valence electrons. The average Bonchev–Trinajstić information content (AvgIpc) is 2.50. The van der Waals surface area contributed by atoms with E-state index in [1.54, 1.807) is 7.11 Å². The Hall–Kier alpha value is -1.71. The van der Waals surface area contributed by atoms with Crippen LogP contribution in [0, 0.1) is 0 Å². The molecule has 0 aliphatic heterocycles. The molecule has 1 aromatic carbocycles. The lowest BCUT2D eigenvalue weighted by atomic mass is 10.1. The van der Waals surface area contributed by atoms with Crippen molar-refractivity contribution in [2.45, 2.75) is 19.8 Å². The number of hydrogen-bond acceptors (Lipinski definition) is 3. The van der Waals surface area contributed by atoms with Crippen molar-refractivity contribution in [3.8, 4) is 0 Å². The van der Waals surface area contributed by atoms with E-state index < -0.39 is 0 Å². The first-order chi connectivity index (χ1) is 10.3. The largest absolute Gasteiger partial charge is 0.383 e. The Balaban J connectivity index is 1.84. The van der Waals surface area contributed by atoms with Gasteiger partial charge in [-0.25, -0.2) is 0 Å². The van der Waals surface area contributed by atoms with E-state index in [1.165, 1.54) is 11.0 Å². The summed E-state index contributed by atoms with van der Waals surface area (Å²) in [5.41, 5.74) is 3.57. The predicted octanol–water partition coefficient (Wildman–Crippen LogP) is 3.35. The minimum Gasteiger partial charge on any atom is -0.383 e. The summed E-state index contributed by atoms with van der Waals surface area (Å²) in [5.74, 6) is 0. The summed E-state index contributed by atoms with van der Waals surface area (Å²) < 4.78 is 5.00. The highest BCUT2D eigenvalue weighted by Gasteiger charge is 1.99.